The van der Waals surface area contributed by atoms with Crippen molar-refractivity contribution in [2.24, 2.45) is 11.8 Å². The number of aromatic hydroxyl groups is 1. The average Bonchev–Trinajstić information content (AvgIpc) is 2.29. The Hall–Kier alpha value is -1.55. The third-order valence-corrected chi connectivity index (χ3v) is 3.66. The van der Waals surface area contributed by atoms with Crippen LogP contribution >= 0.6 is 0 Å². The van der Waals surface area contributed by atoms with Crippen LogP contribution in [0.25, 0.3) is 0 Å². The molecule has 1 aromatic carbocycles. The van der Waals surface area contributed by atoms with E-state index in [0.29, 0.717) is 11.6 Å². The Morgan fingerprint density at radius 2 is 2.28 bits per heavy atom. The fourth-order valence-electron chi connectivity index (χ4n) is 2.03. The molecule has 0 bridgehead atoms. The minimum Gasteiger partial charge on any atom is -0.506 e. The summed E-state index contributed by atoms with van der Waals surface area (Å²) in [6.07, 6.45) is 0.880. The van der Waals surface area contributed by atoms with Crippen LogP contribution < -0.4 is 10.6 Å². The van der Waals surface area contributed by atoms with Crippen LogP contribution in [-0.2, 0) is 11.2 Å². The minimum atomic E-state index is -0.0315. The first-order valence-corrected chi connectivity index (χ1v) is 6.45. The summed E-state index contributed by atoms with van der Waals surface area (Å²) in [5, 5.41) is 15.7. The van der Waals surface area contributed by atoms with Crippen LogP contribution in [0.2, 0.25) is 0 Å². The van der Waals surface area contributed by atoms with Gasteiger partial charge in [0.1, 0.15) is 5.75 Å². The van der Waals surface area contributed by atoms with Crippen LogP contribution in [-0.4, -0.2) is 24.1 Å². The van der Waals surface area contributed by atoms with E-state index in [4.69, 9.17) is 0 Å². The van der Waals surface area contributed by atoms with Gasteiger partial charge >= 0.3 is 0 Å². The number of phenols is 1. The second-order valence-electron chi connectivity index (χ2n) is 4.90. The molecule has 0 aliphatic carbocycles. The van der Waals surface area contributed by atoms with Crippen molar-refractivity contribution in [1.29, 1.82) is 0 Å². The Morgan fingerprint density at radius 1 is 1.56 bits per heavy atom. The fraction of sp³-hybridized carbons (Fsp3) is 0.500. The minimum absolute atomic E-state index is 0.0231. The number of rotatable bonds is 4. The molecule has 3 N–H and O–H groups in total. The second-order valence-corrected chi connectivity index (χ2v) is 4.90. The van der Waals surface area contributed by atoms with Gasteiger partial charge in [-0.3, -0.25) is 4.79 Å². The summed E-state index contributed by atoms with van der Waals surface area (Å²) in [5.74, 6) is 0.474. The van der Waals surface area contributed by atoms with Crippen LogP contribution in [0.3, 0.4) is 0 Å². The summed E-state index contributed by atoms with van der Waals surface area (Å²) < 4.78 is 0. The maximum Gasteiger partial charge on any atom is 0.227 e. The van der Waals surface area contributed by atoms with Crippen molar-refractivity contribution in [1.82, 2.24) is 5.32 Å². The predicted molar refractivity (Wildman–Crippen MR) is 71.6 cm³/mol. The molecule has 1 aliphatic heterocycles. The Morgan fingerprint density at radius 3 is 2.83 bits per heavy atom. The monoisotopic (exact) mass is 248 g/mol. The standard InChI is InChI=1S/C14H20N2O2/c1-3-10-4-5-13(17)12(6-10)16-14(18)9(2)11-7-15-8-11/h4-6,9,11,15,17H,3,7-8H2,1-2H3,(H,16,18). The Labute approximate surface area is 107 Å². The summed E-state index contributed by atoms with van der Waals surface area (Å²) in [4.78, 5) is 12.0. The lowest BCUT2D eigenvalue weighted by atomic mass is 9.88. The molecular formula is C14H20N2O2. The van der Waals surface area contributed by atoms with Crippen LogP contribution in [0.1, 0.15) is 19.4 Å². The molecule has 4 nitrogen and oxygen atoms in total. The second kappa shape index (κ2) is 5.40. The van der Waals surface area contributed by atoms with Crippen molar-refractivity contribution in [3.8, 4) is 5.75 Å². The van der Waals surface area contributed by atoms with Crippen molar-refractivity contribution in [3.63, 3.8) is 0 Å². The molecule has 1 aliphatic rings. The first-order chi connectivity index (χ1) is 8.61. The lowest BCUT2D eigenvalue weighted by molar-refractivity contribution is -0.121. The number of phenolic OH excluding ortho intramolecular Hbond substituents is 1. The molecule has 1 amide bonds. The molecule has 1 aromatic rings. The van der Waals surface area contributed by atoms with Crippen LogP contribution in [0.5, 0.6) is 5.75 Å². The quantitative estimate of drug-likeness (QED) is 0.711. The third kappa shape index (κ3) is 2.64. The van der Waals surface area contributed by atoms with Crippen molar-refractivity contribution in [2.45, 2.75) is 20.3 Å². The molecule has 0 radical (unpaired) electrons. The summed E-state index contributed by atoms with van der Waals surface area (Å²) in [7, 11) is 0. The van der Waals surface area contributed by atoms with E-state index < -0.39 is 0 Å². The van der Waals surface area contributed by atoms with Gasteiger partial charge in [0.2, 0.25) is 5.91 Å². The number of aryl methyl sites for hydroxylation is 1. The smallest absolute Gasteiger partial charge is 0.227 e. The van der Waals surface area contributed by atoms with E-state index in [9.17, 15) is 9.90 Å². The maximum absolute atomic E-state index is 12.0. The van der Waals surface area contributed by atoms with E-state index in [0.717, 1.165) is 25.1 Å². The largest absolute Gasteiger partial charge is 0.506 e. The number of carbonyl (C=O) groups excluding carboxylic acids is 1. The van der Waals surface area contributed by atoms with Gasteiger partial charge in [0, 0.05) is 5.92 Å². The van der Waals surface area contributed by atoms with Gasteiger partial charge in [0.25, 0.3) is 0 Å². The highest BCUT2D eigenvalue weighted by Gasteiger charge is 2.28. The number of carbonyl (C=O) groups is 1. The molecule has 98 valence electrons. The normalized spacial score (nSPS) is 17.0. The Kier molecular flexibility index (Phi) is 3.87. The van der Waals surface area contributed by atoms with Gasteiger partial charge in [-0.25, -0.2) is 0 Å². The molecule has 0 saturated carbocycles. The maximum atomic E-state index is 12.0. The van der Waals surface area contributed by atoms with E-state index in [1.54, 1.807) is 6.07 Å². The molecule has 4 heteroatoms. The first kappa shape index (κ1) is 12.9. The number of amides is 1. The van der Waals surface area contributed by atoms with E-state index in [2.05, 4.69) is 10.6 Å². The van der Waals surface area contributed by atoms with Crippen LogP contribution in [0, 0.1) is 11.8 Å². The van der Waals surface area contributed by atoms with Gasteiger partial charge in [-0.1, -0.05) is 19.9 Å². The lowest BCUT2D eigenvalue weighted by Crippen LogP contribution is -2.48. The van der Waals surface area contributed by atoms with Gasteiger partial charge in [0.15, 0.2) is 0 Å². The molecule has 1 saturated heterocycles. The number of nitrogens with one attached hydrogen (secondary N) is 2. The Bertz CT molecular complexity index is 441. The van der Waals surface area contributed by atoms with Gasteiger partial charge in [-0.05, 0) is 43.1 Å². The van der Waals surface area contributed by atoms with E-state index in [-0.39, 0.29) is 17.6 Å². The van der Waals surface area contributed by atoms with E-state index in [1.807, 2.05) is 26.0 Å². The number of anilines is 1. The van der Waals surface area contributed by atoms with Gasteiger partial charge in [-0.2, -0.15) is 0 Å². The van der Waals surface area contributed by atoms with Gasteiger partial charge in [0.05, 0.1) is 5.69 Å². The average molecular weight is 248 g/mol. The lowest BCUT2D eigenvalue weighted by Gasteiger charge is -2.31. The van der Waals surface area contributed by atoms with Crippen molar-refractivity contribution in [3.05, 3.63) is 23.8 Å². The van der Waals surface area contributed by atoms with Gasteiger partial charge < -0.3 is 15.7 Å². The van der Waals surface area contributed by atoms with E-state index >= 15 is 0 Å². The fourth-order valence-corrected chi connectivity index (χ4v) is 2.03. The molecule has 1 atom stereocenters. The van der Waals surface area contributed by atoms with Crippen molar-refractivity contribution >= 4 is 11.6 Å². The molecule has 18 heavy (non-hydrogen) atoms. The summed E-state index contributed by atoms with van der Waals surface area (Å²) in [6.45, 7) is 5.77. The zero-order valence-corrected chi connectivity index (χ0v) is 10.9. The van der Waals surface area contributed by atoms with Crippen LogP contribution in [0.15, 0.2) is 18.2 Å². The molecule has 1 heterocycles. The Balaban J connectivity index is 2.05. The molecule has 1 fully saturated rings. The van der Waals surface area contributed by atoms with Gasteiger partial charge in [-0.15, -0.1) is 0 Å². The third-order valence-electron chi connectivity index (χ3n) is 3.66. The summed E-state index contributed by atoms with van der Waals surface area (Å²) in [5.41, 5.74) is 1.61. The molecule has 2 rings (SSSR count). The highest BCUT2D eigenvalue weighted by atomic mass is 16.3. The van der Waals surface area contributed by atoms with Crippen molar-refractivity contribution < 1.29 is 9.90 Å². The first-order valence-electron chi connectivity index (χ1n) is 6.45. The zero-order chi connectivity index (χ0) is 13.1. The van der Waals surface area contributed by atoms with Crippen LogP contribution in [0.4, 0.5) is 5.69 Å². The summed E-state index contributed by atoms with van der Waals surface area (Å²) >= 11 is 0. The molecule has 0 spiro atoms. The number of hydrogen-bond acceptors (Lipinski definition) is 3. The topological polar surface area (TPSA) is 61.4 Å². The SMILES string of the molecule is CCc1ccc(O)c(NC(=O)C(C)C2CNC2)c1. The number of hydrogen-bond donors (Lipinski definition) is 3. The highest BCUT2D eigenvalue weighted by Crippen LogP contribution is 2.26. The van der Waals surface area contributed by atoms with E-state index in [1.165, 1.54) is 0 Å². The molecule has 1 unspecified atom stereocenters. The number of benzene rings is 1. The highest BCUT2D eigenvalue weighted by molar-refractivity contribution is 5.94. The molecule has 0 aromatic heterocycles. The summed E-state index contributed by atoms with van der Waals surface area (Å²) in [6, 6.07) is 5.33. The zero-order valence-electron chi connectivity index (χ0n) is 10.9. The predicted octanol–water partition coefficient (Wildman–Crippen LogP) is 1.75. The molecular weight excluding hydrogens is 228 g/mol. The van der Waals surface area contributed by atoms with Crippen molar-refractivity contribution in [2.75, 3.05) is 18.4 Å².